The van der Waals surface area contributed by atoms with Crippen LogP contribution in [0, 0.1) is 6.92 Å². The summed E-state index contributed by atoms with van der Waals surface area (Å²) >= 11 is 0. The highest BCUT2D eigenvalue weighted by Crippen LogP contribution is 2.26. The summed E-state index contributed by atoms with van der Waals surface area (Å²) in [5, 5.41) is 8.17. The van der Waals surface area contributed by atoms with Crippen molar-refractivity contribution in [2.75, 3.05) is 27.2 Å². The Bertz CT molecular complexity index is 772. The number of hydrogen-bond acceptors (Lipinski definition) is 5. The molecule has 0 saturated carbocycles. The van der Waals surface area contributed by atoms with Gasteiger partial charge in [0.2, 0.25) is 0 Å². The van der Waals surface area contributed by atoms with Crippen LogP contribution >= 0.6 is 0 Å². The predicted octanol–water partition coefficient (Wildman–Crippen LogP) is 0.637. The van der Waals surface area contributed by atoms with Crippen LogP contribution in [0.25, 0.3) is 0 Å². The molecule has 132 valence electrons. The van der Waals surface area contributed by atoms with E-state index in [-0.39, 0.29) is 18.4 Å². The van der Waals surface area contributed by atoms with E-state index in [9.17, 15) is 9.59 Å². The predicted molar refractivity (Wildman–Crippen MR) is 89.8 cm³/mol. The number of rotatable bonds is 4. The Balaban J connectivity index is 1.81. The van der Waals surface area contributed by atoms with Gasteiger partial charge in [0.05, 0.1) is 0 Å². The molecule has 0 saturated heterocycles. The number of benzene rings is 1. The van der Waals surface area contributed by atoms with E-state index < -0.39 is 6.04 Å². The van der Waals surface area contributed by atoms with Gasteiger partial charge in [0, 0.05) is 27.2 Å². The second kappa shape index (κ2) is 6.92. The Kier molecular flexibility index (Phi) is 4.69. The molecule has 1 aliphatic heterocycles. The number of carbonyl (C=O) groups is 2. The number of carbonyl (C=O) groups excluding carboxylic acids is 2. The lowest BCUT2D eigenvalue weighted by molar-refractivity contribution is -0.147. The van der Waals surface area contributed by atoms with Gasteiger partial charge < -0.3 is 19.1 Å². The fourth-order valence-electron chi connectivity index (χ4n) is 2.85. The van der Waals surface area contributed by atoms with Crippen molar-refractivity contribution in [2.24, 2.45) is 0 Å². The minimum Gasteiger partial charge on any atom is -0.484 e. The lowest BCUT2D eigenvalue weighted by atomic mass is 10.1. The molecule has 2 aromatic rings. The van der Waals surface area contributed by atoms with E-state index in [1.165, 1.54) is 9.80 Å². The molecule has 0 fully saturated rings. The molecule has 1 unspecified atom stereocenters. The molecule has 2 heterocycles. The Hall–Kier alpha value is -2.90. The Morgan fingerprint density at radius 3 is 2.60 bits per heavy atom. The summed E-state index contributed by atoms with van der Waals surface area (Å²) < 4.78 is 7.43. The SMILES string of the molecule is Cc1nnc2n1CCN(C(=O)COc1ccccc1)C2C(=O)N(C)C. The monoisotopic (exact) mass is 343 g/mol. The molecular formula is C17H21N5O3. The summed E-state index contributed by atoms with van der Waals surface area (Å²) in [5.41, 5.74) is 0. The quantitative estimate of drug-likeness (QED) is 0.814. The van der Waals surface area contributed by atoms with Crippen molar-refractivity contribution in [2.45, 2.75) is 19.5 Å². The van der Waals surface area contributed by atoms with Crippen molar-refractivity contribution >= 4 is 11.8 Å². The van der Waals surface area contributed by atoms with E-state index in [1.807, 2.05) is 29.7 Å². The highest BCUT2D eigenvalue weighted by Gasteiger charge is 2.39. The van der Waals surface area contributed by atoms with Crippen molar-refractivity contribution in [3.63, 3.8) is 0 Å². The standard InChI is InChI=1S/C17H21N5O3/c1-12-18-19-16-15(17(24)20(2)3)22(10-9-21(12)16)14(23)11-25-13-7-5-4-6-8-13/h4-8,15H,9-11H2,1-3H3. The highest BCUT2D eigenvalue weighted by molar-refractivity contribution is 5.88. The summed E-state index contributed by atoms with van der Waals surface area (Å²) in [6.07, 6.45) is 0. The van der Waals surface area contributed by atoms with Crippen molar-refractivity contribution in [3.8, 4) is 5.75 Å². The van der Waals surface area contributed by atoms with Crippen LogP contribution in [0.15, 0.2) is 30.3 Å². The maximum Gasteiger partial charge on any atom is 0.261 e. The molecule has 1 aromatic heterocycles. The van der Waals surface area contributed by atoms with E-state index in [0.717, 1.165) is 5.82 Å². The number of amides is 2. The first kappa shape index (κ1) is 16.9. The summed E-state index contributed by atoms with van der Waals surface area (Å²) in [5.74, 6) is 1.38. The van der Waals surface area contributed by atoms with E-state index in [0.29, 0.717) is 24.7 Å². The molecule has 8 nitrogen and oxygen atoms in total. The van der Waals surface area contributed by atoms with Crippen molar-refractivity contribution in [1.82, 2.24) is 24.6 Å². The van der Waals surface area contributed by atoms with Crippen LogP contribution in [-0.4, -0.2) is 63.6 Å². The zero-order valence-corrected chi connectivity index (χ0v) is 14.5. The van der Waals surface area contributed by atoms with Gasteiger partial charge in [0.1, 0.15) is 11.6 Å². The number of fused-ring (bicyclic) bond motifs is 1. The van der Waals surface area contributed by atoms with Gasteiger partial charge in [-0.1, -0.05) is 18.2 Å². The van der Waals surface area contributed by atoms with Crippen LogP contribution < -0.4 is 4.74 Å². The summed E-state index contributed by atoms with van der Waals surface area (Å²) in [6.45, 7) is 2.67. The van der Waals surface area contributed by atoms with E-state index in [4.69, 9.17) is 4.74 Å². The molecule has 1 aliphatic rings. The molecule has 25 heavy (non-hydrogen) atoms. The zero-order chi connectivity index (χ0) is 18.0. The molecule has 0 bridgehead atoms. The minimum absolute atomic E-state index is 0.131. The average Bonchev–Trinajstić information content (AvgIpc) is 3.00. The van der Waals surface area contributed by atoms with Gasteiger partial charge in [-0.3, -0.25) is 9.59 Å². The normalized spacial score (nSPS) is 16.3. The molecule has 0 aliphatic carbocycles. The second-order valence-corrected chi connectivity index (χ2v) is 6.08. The van der Waals surface area contributed by atoms with Crippen LogP contribution in [0.2, 0.25) is 0 Å². The number of para-hydroxylation sites is 1. The van der Waals surface area contributed by atoms with Crippen LogP contribution in [0.4, 0.5) is 0 Å². The summed E-state index contributed by atoms with van der Waals surface area (Å²) in [4.78, 5) is 28.4. The first-order valence-electron chi connectivity index (χ1n) is 8.07. The molecule has 2 amide bonds. The first-order valence-corrected chi connectivity index (χ1v) is 8.07. The maximum atomic E-state index is 12.7. The Morgan fingerprint density at radius 1 is 1.20 bits per heavy atom. The fraction of sp³-hybridized carbons (Fsp3) is 0.412. The van der Waals surface area contributed by atoms with Gasteiger partial charge in [-0.2, -0.15) is 0 Å². The molecule has 0 radical (unpaired) electrons. The largest absolute Gasteiger partial charge is 0.484 e. The van der Waals surface area contributed by atoms with E-state index in [2.05, 4.69) is 10.2 Å². The lowest BCUT2D eigenvalue weighted by Crippen LogP contribution is -2.50. The van der Waals surface area contributed by atoms with Crippen molar-refractivity contribution in [3.05, 3.63) is 42.0 Å². The van der Waals surface area contributed by atoms with Gasteiger partial charge in [0.15, 0.2) is 18.5 Å². The van der Waals surface area contributed by atoms with Gasteiger partial charge in [0.25, 0.3) is 11.8 Å². The van der Waals surface area contributed by atoms with Crippen molar-refractivity contribution < 1.29 is 14.3 Å². The minimum atomic E-state index is -0.781. The Morgan fingerprint density at radius 2 is 1.92 bits per heavy atom. The molecule has 1 aromatic carbocycles. The van der Waals surface area contributed by atoms with E-state index >= 15 is 0 Å². The third kappa shape index (κ3) is 3.33. The number of likely N-dealkylation sites (N-methyl/N-ethyl adjacent to an activating group) is 1. The third-order valence-corrected chi connectivity index (χ3v) is 4.19. The molecule has 1 atom stereocenters. The topological polar surface area (TPSA) is 80.6 Å². The Labute approximate surface area is 146 Å². The third-order valence-electron chi connectivity index (χ3n) is 4.19. The maximum absolute atomic E-state index is 12.7. The van der Waals surface area contributed by atoms with Crippen LogP contribution in [0.1, 0.15) is 17.7 Å². The van der Waals surface area contributed by atoms with Crippen LogP contribution in [0.5, 0.6) is 5.75 Å². The van der Waals surface area contributed by atoms with Crippen molar-refractivity contribution in [1.29, 1.82) is 0 Å². The number of aromatic nitrogens is 3. The molecular weight excluding hydrogens is 322 g/mol. The molecule has 0 spiro atoms. The van der Waals surface area contributed by atoms with E-state index in [1.54, 1.807) is 26.2 Å². The number of aryl methyl sites for hydroxylation is 1. The summed E-state index contributed by atoms with van der Waals surface area (Å²) in [6, 6.07) is 8.34. The zero-order valence-electron chi connectivity index (χ0n) is 14.5. The lowest BCUT2D eigenvalue weighted by Gasteiger charge is -2.35. The number of hydrogen-bond donors (Lipinski definition) is 0. The molecule has 0 N–H and O–H groups in total. The smallest absolute Gasteiger partial charge is 0.261 e. The average molecular weight is 343 g/mol. The van der Waals surface area contributed by atoms with Crippen LogP contribution in [-0.2, 0) is 16.1 Å². The summed E-state index contributed by atoms with van der Waals surface area (Å²) in [7, 11) is 3.32. The van der Waals surface area contributed by atoms with Gasteiger partial charge in [-0.25, -0.2) is 0 Å². The van der Waals surface area contributed by atoms with Gasteiger partial charge >= 0.3 is 0 Å². The van der Waals surface area contributed by atoms with Gasteiger partial charge in [-0.05, 0) is 19.1 Å². The first-order chi connectivity index (χ1) is 12.0. The number of ether oxygens (including phenoxy) is 1. The van der Waals surface area contributed by atoms with Crippen LogP contribution in [0.3, 0.4) is 0 Å². The second-order valence-electron chi connectivity index (χ2n) is 6.08. The number of nitrogens with zero attached hydrogens (tertiary/aromatic N) is 5. The van der Waals surface area contributed by atoms with Gasteiger partial charge in [-0.15, -0.1) is 10.2 Å². The molecule has 8 heteroatoms. The highest BCUT2D eigenvalue weighted by atomic mass is 16.5. The molecule has 3 rings (SSSR count). The fourth-order valence-corrected chi connectivity index (χ4v) is 2.85.